The van der Waals surface area contributed by atoms with E-state index in [1.807, 2.05) is 12.1 Å². The van der Waals surface area contributed by atoms with Gasteiger partial charge in [0.2, 0.25) is 0 Å². The van der Waals surface area contributed by atoms with Crippen molar-refractivity contribution in [1.29, 1.82) is 0 Å². The molecule has 0 aliphatic carbocycles. The molecule has 1 aromatic rings. The minimum Gasteiger partial charge on any atom is -0.392 e. The van der Waals surface area contributed by atoms with Gasteiger partial charge in [-0.15, -0.1) is 0 Å². The smallest absolute Gasteiger partial charge is 0.255 e. The van der Waals surface area contributed by atoms with Gasteiger partial charge in [0.25, 0.3) is 5.91 Å². The highest BCUT2D eigenvalue weighted by Gasteiger charge is 2.15. The second-order valence-corrected chi connectivity index (χ2v) is 5.55. The molecule has 0 aromatic heterocycles. The molecule has 1 amide bonds. The SMILES string of the molecule is CN(CC(N)=S)C(=O)c1ccc(Br)cc1Br. The average Bonchev–Trinajstić information content (AvgIpc) is 2.15. The van der Waals surface area contributed by atoms with Crippen LogP contribution in [0.3, 0.4) is 0 Å². The van der Waals surface area contributed by atoms with Gasteiger partial charge in [-0.25, -0.2) is 0 Å². The highest BCUT2D eigenvalue weighted by molar-refractivity contribution is 9.11. The van der Waals surface area contributed by atoms with Crippen molar-refractivity contribution in [1.82, 2.24) is 4.90 Å². The van der Waals surface area contributed by atoms with Crippen LogP contribution in [0.5, 0.6) is 0 Å². The molecule has 1 rings (SSSR count). The number of carbonyl (C=O) groups is 1. The quantitative estimate of drug-likeness (QED) is 0.837. The molecule has 0 bridgehead atoms. The molecule has 2 N–H and O–H groups in total. The van der Waals surface area contributed by atoms with E-state index in [0.717, 1.165) is 8.95 Å². The van der Waals surface area contributed by atoms with Crippen LogP contribution in [0.2, 0.25) is 0 Å². The molecule has 0 heterocycles. The summed E-state index contributed by atoms with van der Waals surface area (Å²) in [7, 11) is 1.66. The molecule has 6 heteroatoms. The first-order chi connectivity index (χ1) is 7.41. The van der Waals surface area contributed by atoms with E-state index in [1.54, 1.807) is 13.1 Å². The fourth-order valence-corrected chi connectivity index (χ4v) is 2.58. The molecule has 0 saturated carbocycles. The van der Waals surface area contributed by atoms with Crippen LogP contribution < -0.4 is 5.73 Å². The van der Waals surface area contributed by atoms with E-state index in [-0.39, 0.29) is 12.5 Å². The summed E-state index contributed by atoms with van der Waals surface area (Å²) < 4.78 is 1.65. The molecule has 0 fully saturated rings. The standard InChI is InChI=1S/C10H10Br2N2OS/c1-14(5-9(13)16)10(15)7-3-2-6(11)4-8(7)12/h2-4H,5H2,1H3,(H2,13,16). The van der Waals surface area contributed by atoms with Gasteiger partial charge in [-0.3, -0.25) is 4.79 Å². The number of likely N-dealkylation sites (N-methyl/N-ethyl adjacent to an activating group) is 1. The Balaban J connectivity index is 2.92. The fraction of sp³-hybridized carbons (Fsp3) is 0.200. The maximum atomic E-state index is 12.0. The van der Waals surface area contributed by atoms with Crippen LogP contribution in [0.25, 0.3) is 0 Å². The third-order valence-electron chi connectivity index (χ3n) is 1.90. The zero-order chi connectivity index (χ0) is 12.3. The van der Waals surface area contributed by atoms with E-state index in [0.29, 0.717) is 10.6 Å². The molecule has 16 heavy (non-hydrogen) atoms. The zero-order valence-electron chi connectivity index (χ0n) is 8.54. The van der Waals surface area contributed by atoms with Crippen molar-refractivity contribution >= 4 is 55.0 Å². The molecule has 0 atom stereocenters. The second kappa shape index (κ2) is 5.75. The van der Waals surface area contributed by atoms with Crippen LogP contribution in [0.4, 0.5) is 0 Å². The van der Waals surface area contributed by atoms with Crippen molar-refractivity contribution in [3.8, 4) is 0 Å². The number of nitrogens with two attached hydrogens (primary N) is 1. The normalized spacial score (nSPS) is 9.94. The third-order valence-corrected chi connectivity index (χ3v) is 3.18. The van der Waals surface area contributed by atoms with Gasteiger partial charge in [-0.2, -0.15) is 0 Å². The van der Waals surface area contributed by atoms with Gasteiger partial charge in [0, 0.05) is 16.0 Å². The number of benzene rings is 1. The number of nitrogens with zero attached hydrogens (tertiary/aromatic N) is 1. The maximum Gasteiger partial charge on any atom is 0.255 e. The van der Waals surface area contributed by atoms with Gasteiger partial charge in [-0.05, 0) is 34.1 Å². The minimum absolute atomic E-state index is 0.118. The van der Waals surface area contributed by atoms with Crippen LogP contribution in [0.1, 0.15) is 10.4 Å². The molecule has 3 nitrogen and oxygen atoms in total. The molecule has 1 aromatic carbocycles. The summed E-state index contributed by atoms with van der Waals surface area (Å²) in [5.74, 6) is -0.118. The average molecular weight is 366 g/mol. The lowest BCUT2D eigenvalue weighted by atomic mass is 10.2. The van der Waals surface area contributed by atoms with Gasteiger partial charge in [0.05, 0.1) is 17.1 Å². The third kappa shape index (κ3) is 3.54. The monoisotopic (exact) mass is 364 g/mol. The summed E-state index contributed by atoms with van der Waals surface area (Å²) in [5, 5.41) is 0. The molecule has 0 spiro atoms. The molecule has 0 radical (unpaired) electrons. The van der Waals surface area contributed by atoms with Gasteiger partial charge in [-0.1, -0.05) is 28.1 Å². The summed E-state index contributed by atoms with van der Waals surface area (Å²) in [6, 6.07) is 5.38. The number of amides is 1. The molecule has 0 aliphatic heterocycles. The zero-order valence-corrected chi connectivity index (χ0v) is 12.5. The largest absolute Gasteiger partial charge is 0.392 e. The number of rotatable bonds is 3. The lowest BCUT2D eigenvalue weighted by molar-refractivity contribution is 0.0814. The molecule has 86 valence electrons. The topological polar surface area (TPSA) is 46.3 Å². The van der Waals surface area contributed by atoms with Gasteiger partial charge in [0.15, 0.2) is 0 Å². The number of hydrogen-bond donors (Lipinski definition) is 1. The lowest BCUT2D eigenvalue weighted by Gasteiger charge is -2.17. The highest BCUT2D eigenvalue weighted by Crippen LogP contribution is 2.22. The number of carbonyl (C=O) groups excluding carboxylic acids is 1. The first-order valence-corrected chi connectivity index (χ1v) is 6.40. The van der Waals surface area contributed by atoms with Crippen molar-refractivity contribution in [2.45, 2.75) is 0 Å². The highest BCUT2D eigenvalue weighted by atomic mass is 79.9. The van der Waals surface area contributed by atoms with E-state index >= 15 is 0 Å². The van der Waals surface area contributed by atoms with Gasteiger partial charge < -0.3 is 10.6 Å². The van der Waals surface area contributed by atoms with Gasteiger partial charge in [0.1, 0.15) is 0 Å². The predicted molar refractivity (Wildman–Crippen MR) is 75.6 cm³/mol. The van der Waals surface area contributed by atoms with E-state index in [1.165, 1.54) is 4.90 Å². The number of hydrogen-bond acceptors (Lipinski definition) is 2. The van der Waals surface area contributed by atoms with E-state index in [2.05, 4.69) is 31.9 Å². The molecule has 0 saturated heterocycles. The number of halogens is 2. The summed E-state index contributed by atoms with van der Waals surface area (Å²) in [6.07, 6.45) is 0. The molecular weight excluding hydrogens is 356 g/mol. The summed E-state index contributed by atoms with van der Waals surface area (Å²) in [6.45, 7) is 0.274. The van der Waals surface area contributed by atoms with Crippen molar-refractivity contribution in [2.75, 3.05) is 13.6 Å². The number of thiocarbonyl (C=S) groups is 1. The van der Waals surface area contributed by atoms with E-state index < -0.39 is 0 Å². The Morgan fingerprint density at radius 2 is 2.12 bits per heavy atom. The Morgan fingerprint density at radius 3 is 2.62 bits per heavy atom. The van der Waals surface area contributed by atoms with Gasteiger partial charge >= 0.3 is 0 Å². The van der Waals surface area contributed by atoms with E-state index in [9.17, 15) is 4.79 Å². The van der Waals surface area contributed by atoms with Crippen molar-refractivity contribution in [2.24, 2.45) is 5.73 Å². The molecular formula is C10H10Br2N2OS. The Kier molecular flexibility index (Phi) is 4.89. The summed E-state index contributed by atoms with van der Waals surface area (Å²) in [5.41, 5.74) is 5.97. The lowest BCUT2D eigenvalue weighted by Crippen LogP contribution is -2.34. The van der Waals surface area contributed by atoms with Crippen LogP contribution in [-0.2, 0) is 0 Å². The summed E-state index contributed by atoms with van der Waals surface area (Å²) in [4.78, 5) is 13.8. The Bertz CT molecular complexity index is 437. The maximum absolute atomic E-state index is 12.0. The van der Waals surface area contributed by atoms with Crippen LogP contribution in [0, 0.1) is 0 Å². The first kappa shape index (κ1) is 13.6. The Labute approximate surface area is 116 Å². The van der Waals surface area contributed by atoms with Crippen molar-refractivity contribution in [3.05, 3.63) is 32.7 Å². The predicted octanol–water partition coefficient (Wildman–Crippen LogP) is 2.57. The fourth-order valence-electron chi connectivity index (χ4n) is 1.17. The van der Waals surface area contributed by atoms with Crippen molar-refractivity contribution < 1.29 is 4.79 Å². The molecule has 0 aliphatic rings. The van der Waals surface area contributed by atoms with Crippen LogP contribution in [-0.4, -0.2) is 29.4 Å². The van der Waals surface area contributed by atoms with E-state index in [4.69, 9.17) is 18.0 Å². The minimum atomic E-state index is -0.118. The Hall–Kier alpha value is -0.460. The summed E-state index contributed by atoms with van der Waals surface area (Å²) >= 11 is 11.4. The second-order valence-electron chi connectivity index (χ2n) is 3.25. The van der Waals surface area contributed by atoms with Crippen molar-refractivity contribution in [3.63, 3.8) is 0 Å². The first-order valence-electron chi connectivity index (χ1n) is 4.40. The Morgan fingerprint density at radius 1 is 1.50 bits per heavy atom. The van der Waals surface area contributed by atoms with Crippen LogP contribution >= 0.6 is 44.1 Å². The molecule has 0 unspecified atom stereocenters. The van der Waals surface area contributed by atoms with Crippen LogP contribution in [0.15, 0.2) is 27.1 Å².